The van der Waals surface area contributed by atoms with Crippen molar-refractivity contribution in [3.05, 3.63) is 29.8 Å². The average molecular weight is 209 g/mol. The van der Waals surface area contributed by atoms with Crippen LogP contribution in [0.2, 0.25) is 0 Å². The minimum atomic E-state index is -0.349. The van der Waals surface area contributed by atoms with Crippen molar-refractivity contribution in [2.24, 2.45) is 0 Å². The highest BCUT2D eigenvalue weighted by atomic mass is 16.5. The first-order valence-electron chi connectivity index (χ1n) is 4.75. The van der Waals surface area contributed by atoms with Gasteiger partial charge in [-0.25, -0.2) is 4.79 Å². The predicted molar refractivity (Wildman–Crippen MR) is 57.6 cm³/mol. The van der Waals surface area contributed by atoms with Crippen LogP contribution in [0.1, 0.15) is 16.8 Å². The summed E-state index contributed by atoms with van der Waals surface area (Å²) in [6.07, 6.45) is 0.699. The van der Waals surface area contributed by atoms with Crippen LogP contribution in [0.4, 0.5) is 5.69 Å². The highest BCUT2D eigenvalue weighted by molar-refractivity contribution is 5.90. The molecule has 0 aliphatic carbocycles. The largest absolute Gasteiger partial charge is 0.462 e. The molecule has 0 fully saturated rings. The van der Waals surface area contributed by atoms with Gasteiger partial charge in [-0.3, -0.25) is 0 Å². The Morgan fingerprint density at radius 1 is 1.40 bits per heavy atom. The van der Waals surface area contributed by atoms with Gasteiger partial charge < -0.3 is 15.2 Å². The molecule has 15 heavy (non-hydrogen) atoms. The second-order valence-electron chi connectivity index (χ2n) is 3.11. The Morgan fingerprint density at radius 2 is 2.20 bits per heavy atom. The number of ether oxygens (including phenoxy) is 2. The van der Waals surface area contributed by atoms with E-state index in [-0.39, 0.29) is 5.97 Å². The number of hydrogen-bond acceptors (Lipinski definition) is 4. The fraction of sp³-hybridized carbons (Fsp3) is 0.364. The smallest absolute Gasteiger partial charge is 0.338 e. The summed E-state index contributed by atoms with van der Waals surface area (Å²) in [5.41, 5.74) is 6.58. The lowest BCUT2D eigenvalue weighted by Crippen LogP contribution is -2.08. The average Bonchev–Trinajstić information content (AvgIpc) is 2.24. The molecule has 0 aliphatic rings. The third kappa shape index (κ3) is 3.99. The number of esters is 1. The molecule has 82 valence electrons. The van der Waals surface area contributed by atoms with Crippen LogP contribution in [0, 0.1) is 0 Å². The second kappa shape index (κ2) is 6.03. The third-order valence-corrected chi connectivity index (χ3v) is 1.85. The molecule has 0 unspecified atom stereocenters. The van der Waals surface area contributed by atoms with E-state index in [0.717, 1.165) is 0 Å². The summed E-state index contributed by atoms with van der Waals surface area (Å²) < 4.78 is 9.85. The number of anilines is 1. The summed E-state index contributed by atoms with van der Waals surface area (Å²) in [6, 6.07) is 6.72. The zero-order chi connectivity index (χ0) is 11.1. The maximum Gasteiger partial charge on any atom is 0.338 e. The number of carbonyl (C=O) groups is 1. The van der Waals surface area contributed by atoms with Gasteiger partial charge in [-0.2, -0.15) is 0 Å². The predicted octanol–water partition coefficient (Wildman–Crippen LogP) is 1.46. The van der Waals surface area contributed by atoms with Crippen molar-refractivity contribution < 1.29 is 14.3 Å². The summed E-state index contributed by atoms with van der Waals surface area (Å²) in [5.74, 6) is -0.349. The van der Waals surface area contributed by atoms with Crippen molar-refractivity contribution in [3.63, 3.8) is 0 Å². The Bertz CT molecular complexity index is 325. The van der Waals surface area contributed by atoms with Crippen LogP contribution >= 0.6 is 0 Å². The van der Waals surface area contributed by atoms with Crippen LogP contribution in [0.5, 0.6) is 0 Å². The monoisotopic (exact) mass is 209 g/mol. The third-order valence-electron chi connectivity index (χ3n) is 1.85. The summed E-state index contributed by atoms with van der Waals surface area (Å²) in [6.45, 7) is 0.950. The van der Waals surface area contributed by atoms with Gasteiger partial charge in [0, 0.05) is 25.8 Å². The minimum Gasteiger partial charge on any atom is -0.462 e. The minimum absolute atomic E-state index is 0.349. The molecule has 0 heterocycles. The quantitative estimate of drug-likeness (QED) is 0.453. The number of carbonyl (C=O) groups excluding carboxylic acids is 1. The lowest BCUT2D eigenvalue weighted by Gasteiger charge is -2.04. The van der Waals surface area contributed by atoms with Crippen molar-refractivity contribution in [1.29, 1.82) is 0 Å². The summed E-state index contributed by atoms with van der Waals surface area (Å²) in [7, 11) is 1.61. The van der Waals surface area contributed by atoms with E-state index >= 15 is 0 Å². The molecule has 0 aromatic heterocycles. The van der Waals surface area contributed by atoms with E-state index in [4.69, 9.17) is 15.2 Å². The van der Waals surface area contributed by atoms with Gasteiger partial charge in [-0.05, 0) is 18.2 Å². The van der Waals surface area contributed by atoms with Crippen LogP contribution in [0.25, 0.3) is 0 Å². The van der Waals surface area contributed by atoms with Crippen LogP contribution in [0.3, 0.4) is 0 Å². The van der Waals surface area contributed by atoms with Gasteiger partial charge in [0.1, 0.15) is 0 Å². The number of rotatable bonds is 5. The molecule has 0 saturated carbocycles. The van der Waals surface area contributed by atoms with Gasteiger partial charge in [0.05, 0.1) is 12.2 Å². The van der Waals surface area contributed by atoms with Crippen LogP contribution in [-0.2, 0) is 9.47 Å². The van der Waals surface area contributed by atoms with Gasteiger partial charge in [-0.1, -0.05) is 6.07 Å². The molecule has 0 radical (unpaired) electrons. The zero-order valence-electron chi connectivity index (χ0n) is 8.73. The van der Waals surface area contributed by atoms with Crippen molar-refractivity contribution in [3.8, 4) is 0 Å². The second-order valence-corrected chi connectivity index (χ2v) is 3.11. The standard InChI is InChI=1S/C11H15NO3/c1-14-6-3-7-15-11(13)9-4-2-5-10(12)8-9/h2,4-5,8H,3,6-7,12H2,1H3. The highest BCUT2D eigenvalue weighted by Gasteiger charge is 2.06. The zero-order valence-corrected chi connectivity index (χ0v) is 8.73. The first-order valence-corrected chi connectivity index (χ1v) is 4.75. The van der Waals surface area contributed by atoms with Gasteiger partial charge in [0.2, 0.25) is 0 Å². The normalized spacial score (nSPS) is 9.93. The molecule has 1 rings (SSSR count). The van der Waals surface area contributed by atoms with E-state index < -0.39 is 0 Å². The molecular formula is C11H15NO3. The van der Waals surface area contributed by atoms with E-state index in [1.807, 2.05) is 0 Å². The van der Waals surface area contributed by atoms with Gasteiger partial charge in [0.25, 0.3) is 0 Å². The number of nitrogen functional groups attached to an aromatic ring is 1. The number of methoxy groups -OCH3 is 1. The summed E-state index contributed by atoms with van der Waals surface area (Å²) >= 11 is 0. The topological polar surface area (TPSA) is 61.5 Å². The Balaban J connectivity index is 2.40. The van der Waals surface area contributed by atoms with E-state index in [0.29, 0.717) is 30.9 Å². The molecule has 0 aliphatic heterocycles. The SMILES string of the molecule is COCCCOC(=O)c1cccc(N)c1. The Kier molecular flexibility index (Phi) is 4.63. The molecule has 0 atom stereocenters. The molecule has 2 N–H and O–H groups in total. The lowest BCUT2D eigenvalue weighted by molar-refractivity contribution is 0.0468. The van der Waals surface area contributed by atoms with Crippen molar-refractivity contribution >= 4 is 11.7 Å². The molecule has 1 aromatic rings. The van der Waals surface area contributed by atoms with Crippen molar-refractivity contribution in [1.82, 2.24) is 0 Å². The maximum absolute atomic E-state index is 11.4. The number of benzene rings is 1. The first kappa shape index (κ1) is 11.5. The molecule has 0 spiro atoms. The molecule has 0 amide bonds. The molecule has 0 bridgehead atoms. The van der Waals surface area contributed by atoms with Gasteiger partial charge in [-0.15, -0.1) is 0 Å². The van der Waals surface area contributed by atoms with Gasteiger partial charge >= 0.3 is 5.97 Å². The number of hydrogen-bond donors (Lipinski definition) is 1. The van der Waals surface area contributed by atoms with E-state index in [1.165, 1.54) is 0 Å². The van der Waals surface area contributed by atoms with Crippen LogP contribution in [0.15, 0.2) is 24.3 Å². The fourth-order valence-corrected chi connectivity index (χ4v) is 1.12. The number of nitrogens with two attached hydrogens (primary N) is 1. The van der Waals surface area contributed by atoms with E-state index in [9.17, 15) is 4.79 Å². The molecular weight excluding hydrogens is 194 g/mol. The first-order chi connectivity index (χ1) is 7.24. The molecule has 4 heteroatoms. The lowest BCUT2D eigenvalue weighted by atomic mass is 10.2. The van der Waals surface area contributed by atoms with E-state index in [1.54, 1.807) is 31.4 Å². The Labute approximate surface area is 89.0 Å². The molecule has 1 aromatic carbocycles. The van der Waals surface area contributed by atoms with Crippen molar-refractivity contribution in [2.75, 3.05) is 26.1 Å². The maximum atomic E-state index is 11.4. The van der Waals surface area contributed by atoms with Crippen LogP contribution < -0.4 is 5.73 Å². The summed E-state index contributed by atoms with van der Waals surface area (Å²) in [4.78, 5) is 11.4. The Morgan fingerprint density at radius 3 is 2.87 bits per heavy atom. The van der Waals surface area contributed by atoms with Crippen molar-refractivity contribution in [2.45, 2.75) is 6.42 Å². The Hall–Kier alpha value is -1.55. The van der Waals surface area contributed by atoms with E-state index in [2.05, 4.69) is 0 Å². The molecule has 0 saturated heterocycles. The van der Waals surface area contributed by atoms with Crippen LogP contribution in [-0.4, -0.2) is 26.3 Å². The highest BCUT2D eigenvalue weighted by Crippen LogP contribution is 2.07. The summed E-state index contributed by atoms with van der Waals surface area (Å²) in [5, 5.41) is 0. The van der Waals surface area contributed by atoms with Gasteiger partial charge in [0.15, 0.2) is 0 Å². The fourth-order valence-electron chi connectivity index (χ4n) is 1.12. The molecule has 4 nitrogen and oxygen atoms in total.